The van der Waals surface area contributed by atoms with Gasteiger partial charge in [0.2, 0.25) is 0 Å². The second-order valence-electron chi connectivity index (χ2n) is 1.46. The van der Waals surface area contributed by atoms with Gasteiger partial charge < -0.3 is 4.90 Å². The Hall–Kier alpha value is 0.0500. The average molecular weight is 169 g/mol. The number of hydrogen-bond acceptors (Lipinski definition) is 1. The highest BCUT2D eigenvalue weighted by molar-refractivity contribution is 6.18. The maximum atomic E-state index is 9.97. The van der Waals surface area contributed by atoms with E-state index in [0.717, 1.165) is 0 Å². The summed E-state index contributed by atoms with van der Waals surface area (Å²) >= 11 is 10.7. The molecule has 0 saturated heterocycles. The third-order valence-electron chi connectivity index (χ3n) is 0.838. The van der Waals surface area contributed by atoms with Gasteiger partial charge in [0.1, 0.15) is 0 Å². The van der Waals surface area contributed by atoms with Crippen LogP contribution in [0.4, 0.5) is 0 Å². The Kier molecular flexibility index (Phi) is 6.21. The van der Waals surface area contributed by atoms with Gasteiger partial charge in [0, 0.05) is 24.8 Å². The molecule has 2 nitrogen and oxygen atoms in total. The third kappa shape index (κ3) is 4.55. The first-order chi connectivity index (χ1) is 4.35. The maximum absolute atomic E-state index is 9.97. The lowest BCUT2D eigenvalue weighted by atomic mass is 10.6. The molecule has 0 heterocycles. The van der Waals surface area contributed by atoms with Gasteiger partial charge in [-0.25, -0.2) is 0 Å². The summed E-state index contributed by atoms with van der Waals surface area (Å²) in [7, 11) is 0. The zero-order valence-corrected chi connectivity index (χ0v) is 6.45. The summed E-state index contributed by atoms with van der Waals surface area (Å²) < 4.78 is 0. The molecule has 0 aliphatic carbocycles. The van der Waals surface area contributed by atoms with Gasteiger partial charge in [-0.1, -0.05) is 0 Å². The second kappa shape index (κ2) is 6.17. The first-order valence-corrected chi connectivity index (χ1v) is 3.66. The maximum Gasteiger partial charge on any atom is 0.312 e. The van der Waals surface area contributed by atoms with E-state index < -0.39 is 0 Å². The molecule has 4 heteroatoms. The van der Waals surface area contributed by atoms with Crippen LogP contribution in [0.1, 0.15) is 0 Å². The fraction of sp³-hybridized carbons (Fsp3) is 0.800. The van der Waals surface area contributed by atoms with Crippen LogP contribution in [0.3, 0.4) is 0 Å². The number of hydrogen-bond donors (Lipinski definition) is 0. The molecule has 0 aromatic rings. The van der Waals surface area contributed by atoms with Crippen LogP contribution in [0.5, 0.6) is 0 Å². The molecule has 1 radical (unpaired) electrons. The molecule has 9 heavy (non-hydrogen) atoms. The van der Waals surface area contributed by atoms with E-state index in [-0.39, 0.29) is 0 Å². The van der Waals surface area contributed by atoms with Crippen molar-refractivity contribution in [2.75, 3.05) is 24.8 Å². The van der Waals surface area contributed by atoms with Gasteiger partial charge in [-0.3, -0.25) is 4.79 Å². The summed E-state index contributed by atoms with van der Waals surface area (Å²) in [6.07, 6.45) is 1.72. The van der Waals surface area contributed by atoms with Crippen molar-refractivity contribution in [3.8, 4) is 0 Å². The van der Waals surface area contributed by atoms with E-state index in [1.165, 1.54) is 4.90 Å². The van der Waals surface area contributed by atoms with E-state index in [4.69, 9.17) is 23.2 Å². The van der Waals surface area contributed by atoms with Crippen LogP contribution < -0.4 is 0 Å². The fourth-order valence-electron chi connectivity index (χ4n) is 0.407. The summed E-state index contributed by atoms with van der Waals surface area (Å²) in [6, 6.07) is 0. The summed E-state index contributed by atoms with van der Waals surface area (Å²) in [5.41, 5.74) is 0. The topological polar surface area (TPSA) is 20.3 Å². The standard InChI is InChI=1S/C5H8Cl2NO/c6-1-3-8(5-9)4-2-7/h1-4H2. The smallest absolute Gasteiger partial charge is 0.312 e. The molecule has 53 valence electrons. The van der Waals surface area contributed by atoms with Gasteiger partial charge in [0.15, 0.2) is 0 Å². The van der Waals surface area contributed by atoms with Gasteiger partial charge in [0.05, 0.1) is 0 Å². The zero-order chi connectivity index (χ0) is 7.11. The Labute approximate surface area is 64.7 Å². The molecule has 0 saturated carbocycles. The molecule has 0 atom stereocenters. The van der Waals surface area contributed by atoms with E-state index in [2.05, 4.69) is 0 Å². The Bertz CT molecular complexity index is 73.4. The van der Waals surface area contributed by atoms with Gasteiger partial charge in [-0.2, -0.15) is 0 Å². The van der Waals surface area contributed by atoms with Crippen molar-refractivity contribution in [1.29, 1.82) is 0 Å². The van der Waals surface area contributed by atoms with Crippen molar-refractivity contribution in [2.24, 2.45) is 0 Å². The lowest BCUT2D eigenvalue weighted by Gasteiger charge is -2.10. The summed E-state index contributed by atoms with van der Waals surface area (Å²) in [5, 5.41) is 0. The number of carbonyl (C=O) groups excluding carboxylic acids is 1. The molecule has 0 aliphatic heterocycles. The first kappa shape index (κ1) is 9.05. The Balaban J connectivity index is 3.29. The van der Waals surface area contributed by atoms with Crippen molar-refractivity contribution in [3.05, 3.63) is 0 Å². The SMILES string of the molecule is O=[C]N(CCCl)CCCl. The molecular weight excluding hydrogens is 161 g/mol. The molecule has 0 aromatic carbocycles. The molecule has 0 aliphatic rings. The van der Waals surface area contributed by atoms with Crippen molar-refractivity contribution in [2.45, 2.75) is 0 Å². The van der Waals surface area contributed by atoms with E-state index in [1.54, 1.807) is 6.41 Å². The summed E-state index contributed by atoms with van der Waals surface area (Å²) in [4.78, 5) is 11.4. The molecule has 0 fully saturated rings. The lowest BCUT2D eigenvalue weighted by molar-refractivity contribution is 0.413. The van der Waals surface area contributed by atoms with Crippen molar-refractivity contribution in [3.63, 3.8) is 0 Å². The van der Waals surface area contributed by atoms with Gasteiger partial charge in [0.25, 0.3) is 0 Å². The molecule has 0 rings (SSSR count). The lowest BCUT2D eigenvalue weighted by Crippen LogP contribution is -2.25. The Morgan fingerprint density at radius 3 is 1.89 bits per heavy atom. The molecule has 0 aromatic heterocycles. The first-order valence-electron chi connectivity index (χ1n) is 2.59. The van der Waals surface area contributed by atoms with Gasteiger partial charge in [-0.15, -0.1) is 23.2 Å². The highest BCUT2D eigenvalue weighted by Crippen LogP contribution is 1.86. The molecule has 1 amide bonds. The van der Waals surface area contributed by atoms with Crippen molar-refractivity contribution >= 4 is 29.6 Å². The minimum atomic E-state index is 0.437. The summed E-state index contributed by atoms with van der Waals surface area (Å²) in [5.74, 6) is 0.873. The number of halogens is 2. The van der Waals surface area contributed by atoms with Crippen LogP contribution in [0.25, 0.3) is 0 Å². The van der Waals surface area contributed by atoms with Crippen LogP contribution in [0, 0.1) is 0 Å². The monoisotopic (exact) mass is 168 g/mol. The quantitative estimate of drug-likeness (QED) is 0.441. The Morgan fingerprint density at radius 1 is 1.22 bits per heavy atom. The highest BCUT2D eigenvalue weighted by Gasteiger charge is 1.97. The van der Waals surface area contributed by atoms with E-state index in [9.17, 15) is 4.79 Å². The highest BCUT2D eigenvalue weighted by atomic mass is 35.5. The molecule has 0 unspecified atom stereocenters. The number of rotatable bonds is 5. The number of amides is 1. The van der Waals surface area contributed by atoms with E-state index >= 15 is 0 Å². The van der Waals surface area contributed by atoms with E-state index in [1.807, 2.05) is 0 Å². The van der Waals surface area contributed by atoms with Crippen LogP contribution in [0.15, 0.2) is 0 Å². The zero-order valence-electron chi connectivity index (χ0n) is 4.94. The molecular formula is C5H8Cl2NO. The molecule has 0 N–H and O–H groups in total. The van der Waals surface area contributed by atoms with Crippen LogP contribution in [0.2, 0.25) is 0 Å². The minimum absolute atomic E-state index is 0.437. The Morgan fingerprint density at radius 2 is 1.67 bits per heavy atom. The normalized spacial score (nSPS) is 9.11. The predicted molar refractivity (Wildman–Crippen MR) is 38.7 cm³/mol. The van der Waals surface area contributed by atoms with Gasteiger partial charge in [-0.05, 0) is 0 Å². The van der Waals surface area contributed by atoms with Crippen LogP contribution in [-0.2, 0) is 4.79 Å². The van der Waals surface area contributed by atoms with Crippen molar-refractivity contribution in [1.82, 2.24) is 4.90 Å². The van der Waals surface area contributed by atoms with E-state index in [0.29, 0.717) is 24.8 Å². The number of alkyl halides is 2. The van der Waals surface area contributed by atoms with Crippen molar-refractivity contribution < 1.29 is 4.79 Å². The fourth-order valence-corrected chi connectivity index (χ4v) is 0.815. The molecule has 0 bridgehead atoms. The largest absolute Gasteiger partial charge is 0.332 e. The average Bonchev–Trinajstić information content (AvgIpc) is 1.88. The van der Waals surface area contributed by atoms with Gasteiger partial charge >= 0.3 is 6.41 Å². The second-order valence-corrected chi connectivity index (χ2v) is 2.21. The van der Waals surface area contributed by atoms with Crippen LogP contribution in [-0.4, -0.2) is 36.2 Å². The number of nitrogens with zero attached hydrogens (tertiary/aromatic N) is 1. The third-order valence-corrected chi connectivity index (χ3v) is 1.18. The summed E-state index contributed by atoms with van der Waals surface area (Å²) in [6.45, 7) is 1.05. The predicted octanol–water partition coefficient (Wildman–Crippen LogP) is 0.833. The molecule has 0 spiro atoms. The minimum Gasteiger partial charge on any atom is -0.332 e. The van der Waals surface area contributed by atoms with Crippen LogP contribution >= 0.6 is 23.2 Å².